The number of nitrogens with two attached hydrogens (primary N) is 1. The van der Waals surface area contributed by atoms with Crippen LogP contribution in [0.3, 0.4) is 0 Å². The van der Waals surface area contributed by atoms with Gasteiger partial charge in [-0.2, -0.15) is 5.10 Å². The van der Waals surface area contributed by atoms with E-state index < -0.39 is 0 Å². The maximum Gasteiger partial charge on any atom is 0.0723 e. The Morgan fingerprint density at radius 3 is 2.80 bits per heavy atom. The van der Waals surface area contributed by atoms with Crippen LogP contribution < -0.4 is 11.3 Å². The van der Waals surface area contributed by atoms with E-state index in [9.17, 15) is 0 Å². The molecule has 0 radical (unpaired) electrons. The molecule has 0 spiro atoms. The molecule has 2 aromatic heterocycles. The molecule has 20 heavy (non-hydrogen) atoms. The van der Waals surface area contributed by atoms with E-state index in [0.29, 0.717) is 0 Å². The van der Waals surface area contributed by atoms with Gasteiger partial charge in [0.1, 0.15) is 0 Å². The highest BCUT2D eigenvalue weighted by atomic mass is 32.1. The van der Waals surface area contributed by atoms with Crippen molar-refractivity contribution >= 4 is 22.2 Å². The summed E-state index contributed by atoms with van der Waals surface area (Å²) in [6, 6.07) is 12.7. The van der Waals surface area contributed by atoms with Crippen molar-refractivity contribution in [3.8, 4) is 0 Å². The number of thiophene rings is 1. The van der Waals surface area contributed by atoms with Crippen molar-refractivity contribution < 1.29 is 0 Å². The summed E-state index contributed by atoms with van der Waals surface area (Å²) in [6.45, 7) is 2.11. The first-order valence-electron chi connectivity index (χ1n) is 6.62. The fourth-order valence-corrected chi connectivity index (χ4v) is 3.45. The normalized spacial score (nSPS) is 12.9. The average Bonchev–Trinajstić information content (AvgIpc) is 3.01. The summed E-state index contributed by atoms with van der Waals surface area (Å²) in [6.07, 6.45) is 0.789. The van der Waals surface area contributed by atoms with Crippen LogP contribution in [0.15, 0.2) is 36.4 Å². The van der Waals surface area contributed by atoms with Crippen LogP contribution in [-0.2, 0) is 13.5 Å². The topological polar surface area (TPSA) is 55.9 Å². The number of benzene rings is 1. The molecule has 1 atom stereocenters. The van der Waals surface area contributed by atoms with Crippen molar-refractivity contribution in [2.24, 2.45) is 12.9 Å². The van der Waals surface area contributed by atoms with Gasteiger partial charge in [0.2, 0.25) is 0 Å². The molecule has 0 fully saturated rings. The maximum absolute atomic E-state index is 5.73. The smallest absolute Gasteiger partial charge is 0.0723 e. The molecule has 3 N–H and O–H groups in total. The van der Waals surface area contributed by atoms with Gasteiger partial charge in [0.05, 0.1) is 17.3 Å². The van der Waals surface area contributed by atoms with Crippen LogP contribution in [-0.4, -0.2) is 9.78 Å². The van der Waals surface area contributed by atoms with Gasteiger partial charge in [0.15, 0.2) is 0 Å². The second-order valence-electron chi connectivity index (χ2n) is 4.96. The number of hydrogen-bond acceptors (Lipinski definition) is 4. The minimum atomic E-state index is 0.104. The van der Waals surface area contributed by atoms with Gasteiger partial charge in [-0.1, -0.05) is 18.2 Å². The van der Waals surface area contributed by atoms with Gasteiger partial charge in [0.25, 0.3) is 0 Å². The number of fused-ring (bicyclic) bond motifs is 1. The van der Waals surface area contributed by atoms with Crippen molar-refractivity contribution in [3.05, 3.63) is 51.8 Å². The van der Waals surface area contributed by atoms with E-state index in [4.69, 9.17) is 5.84 Å². The van der Waals surface area contributed by atoms with Gasteiger partial charge in [-0.25, -0.2) is 0 Å². The third-order valence-corrected chi connectivity index (χ3v) is 4.65. The van der Waals surface area contributed by atoms with E-state index in [0.717, 1.165) is 17.6 Å². The lowest BCUT2D eigenvalue weighted by Gasteiger charge is -2.12. The Kier molecular flexibility index (Phi) is 3.56. The number of para-hydroxylation sites is 1. The molecule has 0 saturated carbocycles. The van der Waals surface area contributed by atoms with Crippen LogP contribution in [0, 0.1) is 6.92 Å². The standard InChI is InChI=1S/C15H18N4S/c1-10-7-8-15(20-10)13(17-16)9-12-11-5-3-4-6-14(11)19(2)18-12/h3-8,13,17H,9,16H2,1-2H3. The summed E-state index contributed by atoms with van der Waals surface area (Å²) >= 11 is 1.77. The third kappa shape index (κ3) is 2.35. The summed E-state index contributed by atoms with van der Waals surface area (Å²) in [5.74, 6) is 5.73. The number of nitrogens with zero attached hydrogens (tertiary/aromatic N) is 2. The molecule has 0 saturated heterocycles. The predicted octanol–water partition coefficient (Wildman–Crippen LogP) is 2.69. The molecule has 0 aliphatic heterocycles. The zero-order chi connectivity index (χ0) is 14.1. The van der Waals surface area contributed by atoms with E-state index in [-0.39, 0.29) is 6.04 Å². The van der Waals surface area contributed by atoms with Crippen LogP contribution in [0.25, 0.3) is 10.9 Å². The highest BCUT2D eigenvalue weighted by Gasteiger charge is 2.16. The Morgan fingerprint density at radius 2 is 2.10 bits per heavy atom. The first-order valence-corrected chi connectivity index (χ1v) is 7.44. The summed E-state index contributed by atoms with van der Waals surface area (Å²) < 4.78 is 1.93. The summed E-state index contributed by atoms with van der Waals surface area (Å²) in [5, 5.41) is 5.83. The van der Waals surface area contributed by atoms with E-state index in [1.807, 2.05) is 23.9 Å². The Bertz CT molecular complexity index is 728. The molecule has 0 bridgehead atoms. The van der Waals surface area contributed by atoms with Crippen LogP contribution in [0.1, 0.15) is 21.5 Å². The highest BCUT2D eigenvalue weighted by Crippen LogP contribution is 2.27. The fraction of sp³-hybridized carbons (Fsp3) is 0.267. The van der Waals surface area contributed by atoms with E-state index in [1.54, 1.807) is 11.3 Å². The SMILES string of the molecule is Cc1ccc(C(Cc2nn(C)c3ccccc23)NN)s1. The van der Waals surface area contributed by atoms with E-state index in [2.05, 4.69) is 41.7 Å². The van der Waals surface area contributed by atoms with Crippen molar-refractivity contribution in [2.75, 3.05) is 0 Å². The zero-order valence-electron chi connectivity index (χ0n) is 11.6. The van der Waals surface area contributed by atoms with E-state index in [1.165, 1.54) is 15.1 Å². The molecule has 0 aliphatic rings. The molecule has 1 aromatic carbocycles. The molecule has 5 heteroatoms. The predicted molar refractivity (Wildman–Crippen MR) is 83.5 cm³/mol. The van der Waals surface area contributed by atoms with E-state index >= 15 is 0 Å². The lowest BCUT2D eigenvalue weighted by molar-refractivity contribution is 0.551. The molecule has 1 unspecified atom stereocenters. The molecule has 0 aliphatic carbocycles. The van der Waals surface area contributed by atoms with Gasteiger partial charge in [0, 0.05) is 28.6 Å². The van der Waals surface area contributed by atoms with Crippen LogP contribution in [0.2, 0.25) is 0 Å². The Hall–Kier alpha value is -1.69. The molecule has 4 nitrogen and oxygen atoms in total. The van der Waals surface area contributed by atoms with Gasteiger partial charge >= 0.3 is 0 Å². The minimum absolute atomic E-state index is 0.104. The maximum atomic E-state index is 5.73. The zero-order valence-corrected chi connectivity index (χ0v) is 12.4. The Morgan fingerprint density at radius 1 is 1.30 bits per heavy atom. The van der Waals surface area contributed by atoms with Crippen molar-refractivity contribution in [1.82, 2.24) is 15.2 Å². The molecule has 3 rings (SSSR count). The van der Waals surface area contributed by atoms with Gasteiger partial charge in [-0.3, -0.25) is 16.0 Å². The number of hydrogen-bond donors (Lipinski definition) is 2. The highest BCUT2D eigenvalue weighted by molar-refractivity contribution is 7.12. The summed E-state index contributed by atoms with van der Waals surface area (Å²) in [4.78, 5) is 2.55. The lowest BCUT2D eigenvalue weighted by atomic mass is 10.1. The first-order chi connectivity index (χ1) is 9.69. The summed E-state index contributed by atoms with van der Waals surface area (Å²) in [7, 11) is 1.98. The molecule has 3 aromatic rings. The lowest BCUT2D eigenvalue weighted by Crippen LogP contribution is -2.29. The van der Waals surface area contributed by atoms with Gasteiger partial charge in [-0.15, -0.1) is 11.3 Å². The number of aryl methyl sites for hydroxylation is 2. The van der Waals surface area contributed by atoms with Crippen LogP contribution in [0.4, 0.5) is 0 Å². The average molecular weight is 286 g/mol. The second-order valence-corrected chi connectivity index (χ2v) is 6.28. The third-order valence-electron chi connectivity index (χ3n) is 3.54. The molecule has 104 valence electrons. The largest absolute Gasteiger partial charge is 0.271 e. The summed E-state index contributed by atoms with van der Waals surface area (Å²) in [5.41, 5.74) is 5.15. The van der Waals surface area contributed by atoms with Crippen molar-refractivity contribution in [1.29, 1.82) is 0 Å². The quantitative estimate of drug-likeness (QED) is 0.573. The number of rotatable bonds is 4. The fourth-order valence-electron chi connectivity index (χ4n) is 2.52. The van der Waals surface area contributed by atoms with Crippen molar-refractivity contribution in [2.45, 2.75) is 19.4 Å². The Labute approximate surface area is 122 Å². The minimum Gasteiger partial charge on any atom is -0.271 e. The monoisotopic (exact) mass is 286 g/mol. The molecular formula is C15H18N4S. The molecular weight excluding hydrogens is 268 g/mol. The van der Waals surface area contributed by atoms with Crippen LogP contribution >= 0.6 is 11.3 Å². The molecule has 0 amide bonds. The second kappa shape index (κ2) is 5.36. The number of hydrazine groups is 1. The first kappa shape index (κ1) is 13.3. The Balaban J connectivity index is 1.95. The number of nitrogens with one attached hydrogen (secondary N) is 1. The van der Waals surface area contributed by atoms with Gasteiger partial charge < -0.3 is 0 Å². The van der Waals surface area contributed by atoms with Gasteiger partial charge in [-0.05, 0) is 25.1 Å². The number of aromatic nitrogens is 2. The van der Waals surface area contributed by atoms with Crippen LogP contribution in [0.5, 0.6) is 0 Å². The molecule has 2 heterocycles. The van der Waals surface area contributed by atoms with Crippen molar-refractivity contribution in [3.63, 3.8) is 0 Å².